The van der Waals surface area contributed by atoms with Crippen LogP contribution in [-0.2, 0) is 11.0 Å². The number of unbranched alkanes of at least 4 members (excludes halogenated alkanes) is 1. The van der Waals surface area contributed by atoms with Gasteiger partial charge in [-0.15, -0.1) is 5.10 Å². The first-order valence-corrected chi connectivity index (χ1v) is 9.71. The van der Waals surface area contributed by atoms with E-state index < -0.39 is 17.4 Å². The number of ether oxygens (including phenoxy) is 1. The van der Waals surface area contributed by atoms with Crippen LogP contribution in [0.2, 0.25) is 0 Å². The highest BCUT2D eigenvalue weighted by atomic mass is 79.9. The number of methoxy groups -OCH3 is 1. The van der Waals surface area contributed by atoms with Gasteiger partial charge in [-0.25, -0.2) is 9.99 Å². The average Bonchev–Trinajstić information content (AvgIpc) is 3.17. The zero-order valence-electron chi connectivity index (χ0n) is 15.5. The largest absolute Gasteiger partial charge is 0.481 e. The second-order valence-corrected chi connectivity index (χ2v) is 7.65. The highest BCUT2D eigenvalue weighted by molar-refractivity contribution is 9.09. The van der Waals surface area contributed by atoms with Crippen molar-refractivity contribution in [2.45, 2.75) is 32.9 Å². The van der Waals surface area contributed by atoms with Crippen LogP contribution in [0.3, 0.4) is 0 Å². The predicted octanol–water partition coefficient (Wildman–Crippen LogP) is 3.50. The molecule has 1 aliphatic heterocycles. The van der Waals surface area contributed by atoms with E-state index in [2.05, 4.69) is 31.1 Å². The van der Waals surface area contributed by atoms with Crippen LogP contribution < -0.4 is 4.74 Å². The van der Waals surface area contributed by atoms with E-state index in [1.165, 1.54) is 18.2 Å². The number of alkyl halides is 4. The smallest absolute Gasteiger partial charge is 0.453 e. The van der Waals surface area contributed by atoms with Crippen molar-refractivity contribution in [2.24, 2.45) is 10.5 Å². The molecule has 0 aromatic carbocycles. The van der Waals surface area contributed by atoms with Gasteiger partial charge in [0.25, 0.3) is 11.7 Å². The van der Waals surface area contributed by atoms with Crippen LogP contribution in [-0.4, -0.2) is 50.2 Å². The monoisotopic (exact) mass is 461 g/mol. The van der Waals surface area contributed by atoms with Crippen molar-refractivity contribution in [3.05, 3.63) is 23.5 Å². The molecule has 2 aromatic heterocycles. The van der Waals surface area contributed by atoms with Crippen LogP contribution in [0.1, 0.15) is 38.1 Å². The summed E-state index contributed by atoms with van der Waals surface area (Å²) in [5.41, 5.74) is -0.405. The number of carbonyl (C=O) groups excluding carboxylic acids is 1. The molecule has 28 heavy (non-hydrogen) atoms. The summed E-state index contributed by atoms with van der Waals surface area (Å²) in [4.78, 5) is 16.4. The molecule has 0 bridgehead atoms. The van der Waals surface area contributed by atoms with Crippen LogP contribution in [0.15, 0.2) is 17.2 Å². The van der Waals surface area contributed by atoms with E-state index in [0.717, 1.165) is 22.7 Å². The van der Waals surface area contributed by atoms with Gasteiger partial charge in [0.1, 0.15) is 0 Å². The number of pyridine rings is 1. The summed E-state index contributed by atoms with van der Waals surface area (Å²) in [6.07, 6.45) is -3.08. The molecule has 11 heteroatoms. The molecule has 3 rings (SSSR count). The molecule has 0 fully saturated rings. The first-order valence-electron chi connectivity index (χ1n) is 8.59. The lowest BCUT2D eigenvalue weighted by molar-refractivity contribution is -0.144. The third-order valence-electron chi connectivity index (χ3n) is 4.50. The van der Waals surface area contributed by atoms with Gasteiger partial charge in [-0.1, -0.05) is 15.9 Å². The Morgan fingerprint density at radius 2 is 1.96 bits per heavy atom. The minimum Gasteiger partial charge on any atom is -0.481 e. The fourth-order valence-corrected chi connectivity index (χ4v) is 3.41. The molecule has 0 aliphatic carbocycles. The van der Waals surface area contributed by atoms with Gasteiger partial charge in [0.05, 0.1) is 18.2 Å². The molecule has 152 valence electrons. The Hall–Kier alpha value is -2.17. The second kappa shape index (κ2) is 7.34. The first kappa shape index (κ1) is 20.6. The molecule has 7 nitrogen and oxygen atoms in total. The van der Waals surface area contributed by atoms with E-state index in [1.54, 1.807) is 19.9 Å². The Labute approximate surface area is 167 Å². The Balaban J connectivity index is 2.12. The molecule has 0 N–H and O–H groups in total. The number of hydrogen-bond acceptors (Lipinski definition) is 5. The molecule has 3 heterocycles. The summed E-state index contributed by atoms with van der Waals surface area (Å²) in [6, 6.07) is 3.03. The van der Waals surface area contributed by atoms with Crippen molar-refractivity contribution in [1.82, 2.24) is 19.6 Å². The number of aromatic nitrogens is 3. The lowest BCUT2D eigenvalue weighted by Gasteiger charge is -2.19. The highest BCUT2D eigenvalue weighted by Crippen LogP contribution is 2.35. The fraction of sp³-hybridized carbons (Fsp3) is 0.529. The lowest BCUT2D eigenvalue weighted by Crippen LogP contribution is -2.35. The van der Waals surface area contributed by atoms with Crippen LogP contribution in [0.5, 0.6) is 5.88 Å². The second-order valence-electron chi connectivity index (χ2n) is 6.86. The van der Waals surface area contributed by atoms with Gasteiger partial charge in [0.2, 0.25) is 5.88 Å². The molecular formula is C17H19BrF3N5O2. The molecule has 1 amide bonds. The van der Waals surface area contributed by atoms with Crippen molar-refractivity contribution < 1.29 is 22.7 Å². The average molecular weight is 462 g/mol. The Kier molecular flexibility index (Phi) is 5.39. The minimum absolute atomic E-state index is 0.0615. The van der Waals surface area contributed by atoms with Gasteiger partial charge in [0.15, 0.2) is 5.65 Å². The highest BCUT2D eigenvalue weighted by Gasteiger charge is 2.45. The number of amides is 1. The van der Waals surface area contributed by atoms with Crippen LogP contribution in [0.4, 0.5) is 13.2 Å². The summed E-state index contributed by atoms with van der Waals surface area (Å²) in [5, 5.41) is 10.1. The Bertz CT molecular complexity index is 939. The maximum atomic E-state index is 13.1. The van der Waals surface area contributed by atoms with Crippen molar-refractivity contribution in [2.75, 3.05) is 19.0 Å². The van der Waals surface area contributed by atoms with E-state index in [0.29, 0.717) is 17.8 Å². The first-order chi connectivity index (χ1) is 13.1. The summed E-state index contributed by atoms with van der Waals surface area (Å²) in [5.74, 6) is -1.39. The van der Waals surface area contributed by atoms with Crippen molar-refractivity contribution in [3.8, 4) is 5.88 Å². The molecule has 0 saturated heterocycles. The third-order valence-corrected chi connectivity index (χ3v) is 5.06. The van der Waals surface area contributed by atoms with Gasteiger partial charge in [-0.2, -0.15) is 22.8 Å². The fourth-order valence-electron chi connectivity index (χ4n) is 3.01. The van der Waals surface area contributed by atoms with Crippen LogP contribution in [0, 0.1) is 5.41 Å². The summed E-state index contributed by atoms with van der Waals surface area (Å²) in [7, 11) is 1.33. The Morgan fingerprint density at radius 3 is 2.57 bits per heavy atom. The number of rotatable bonds is 6. The summed E-state index contributed by atoms with van der Waals surface area (Å²) in [6.45, 7) is 3.82. The number of fused-ring (bicyclic) bond motifs is 1. The molecular weight excluding hydrogens is 443 g/mol. The van der Waals surface area contributed by atoms with Crippen molar-refractivity contribution in [3.63, 3.8) is 0 Å². The third kappa shape index (κ3) is 3.47. The Morgan fingerprint density at radius 1 is 1.25 bits per heavy atom. The molecule has 0 radical (unpaired) electrons. The molecule has 0 atom stereocenters. The van der Waals surface area contributed by atoms with E-state index >= 15 is 0 Å². The maximum absolute atomic E-state index is 13.1. The number of hydrazone groups is 1. The molecule has 2 aromatic rings. The maximum Gasteiger partial charge on any atom is 0.453 e. The van der Waals surface area contributed by atoms with Gasteiger partial charge < -0.3 is 4.74 Å². The SMILES string of the molecule is COc1ccc(C2=NN(CCCCBr)C(=O)C2(C)C)c2nc(C(F)(F)F)nn12. The van der Waals surface area contributed by atoms with E-state index in [1.807, 2.05) is 0 Å². The van der Waals surface area contributed by atoms with Gasteiger partial charge in [-0.3, -0.25) is 4.79 Å². The number of halogens is 4. The van der Waals surface area contributed by atoms with E-state index in [-0.39, 0.29) is 17.4 Å². The van der Waals surface area contributed by atoms with E-state index in [4.69, 9.17) is 4.74 Å². The lowest BCUT2D eigenvalue weighted by atomic mass is 9.84. The standard InChI is InChI=1S/C17H19BrF3N5O2/c1-16(2)12(23-25(15(16)27)9-5-4-8-18)10-6-7-11(28-3)26-13(10)22-14(24-26)17(19,20)21/h6-7H,4-5,8-9H2,1-3H3. The van der Waals surface area contributed by atoms with Crippen LogP contribution in [0.25, 0.3) is 5.65 Å². The summed E-state index contributed by atoms with van der Waals surface area (Å²) < 4.78 is 45.5. The van der Waals surface area contributed by atoms with Gasteiger partial charge in [0, 0.05) is 23.5 Å². The normalized spacial score (nSPS) is 16.8. The van der Waals surface area contributed by atoms with E-state index in [9.17, 15) is 18.0 Å². The molecule has 1 aliphatic rings. The predicted molar refractivity (Wildman–Crippen MR) is 99.6 cm³/mol. The number of nitrogens with zero attached hydrogens (tertiary/aromatic N) is 5. The van der Waals surface area contributed by atoms with Gasteiger partial charge in [-0.05, 0) is 32.8 Å². The number of carbonyl (C=O) groups is 1. The zero-order chi connectivity index (χ0) is 20.7. The number of hydrogen-bond donors (Lipinski definition) is 0. The zero-order valence-corrected chi connectivity index (χ0v) is 17.1. The topological polar surface area (TPSA) is 72.1 Å². The summed E-state index contributed by atoms with van der Waals surface area (Å²) >= 11 is 3.34. The van der Waals surface area contributed by atoms with Crippen molar-refractivity contribution >= 4 is 33.2 Å². The van der Waals surface area contributed by atoms with Crippen LogP contribution >= 0.6 is 15.9 Å². The van der Waals surface area contributed by atoms with Crippen molar-refractivity contribution in [1.29, 1.82) is 0 Å². The quantitative estimate of drug-likeness (QED) is 0.487. The van der Waals surface area contributed by atoms with Gasteiger partial charge >= 0.3 is 6.18 Å². The molecule has 0 spiro atoms. The minimum atomic E-state index is -4.71. The molecule has 0 unspecified atom stereocenters. The molecule has 0 saturated carbocycles.